The van der Waals surface area contributed by atoms with Crippen LogP contribution in [0.15, 0.2) is 18.2 Å². The third kappa shape index (κ3) is 3.50. The van der Waals surface area contributed by atoms with E-state index < -0.39 is 23.7 Å². The Hall–Kier alpha value is -1.49. The Bertz CT molecular complexity index is 463. The third-order valence-electron chi connectivity index (χ3n) is 3.34. The molecule has 106 valence electrons. The number of amides is 1. The lowest BCUT2D eigenvalue weighted by atomic mass is 10.0. The van der Waals surface area contributed by atoms with Gasteiger partial charge in [-0.1, -0.05) is 13.8 Å². The van der Waals surface area contributed by atoms with E-state index in [1.54, 1.807) is 14.0 Å². The first-order chi connectivity index (χ1) is 8.75. The van der Waals surface area contributed by atoms with Crippen molar-refractivity contribution >= 4 is 5.91 Å². The molecule has 3 nitrogen and oxygen atoms in total. The molecule has 1 aromatic rings. The van der Waals surface area contributed by atoms with Crippen molar-refractivity contribution in [3.05, 3.63) is 35.4 Å². The number of rotatable bonds is 4. The first-order valence-corrected chi connectivity index (χ1v) is 6.23. The van der Waals surface area contributed by atoms with E-state index in [2.05, 4.69) is 0 Å². The van der Waals surface area contributed by atoms with Crippen molar-refractivity contribution in [1.82, 2.24) is 4.90 Å². The minimum atomic E-state index is -0.649. The number of nitrogens with zero attached hydrogens (tertiary/aromatic N) is 1. The molecule has 2 N–H and O–H groups in total. The number of hydrogen-bond donors (Lipinski definition) is 1. The lowest BCUT2D eigenvalue weighted by Gasteiger charge is -2.29. The topological polar surface area (TPSA) is 46.3 Å². The molecule has 1 aromatic carbocycles. The molecule has 2 unspecified atom stereocenters. The number of hydrogen-bond acceptors (Lipinski definition) is 2. The van der Waals surface area contributed by atoms with Crippen LogP contribution in [0.5, 0.6) is 0 Å². The van der Waals surface area contributed by atoms with Gasteiger partial charge in [0.05, 0.1) is 12.1 Å². The zero-order valence-corrected chi connectivity index (χ0v) is 11.7. The summed E-state index contributed by atoms with van der Waals surface area (Å²) in [5, 5.41) is 0. The number of nitrogens with two attached hydrogens (primary N) is 1. The van der Waals surface area contributed by atoms with Gasteiger partial charge in [0.2, 0.25) is 5.91 Å². The van der Waals surface area contributed by atoms with Crippen LogP contribution in [0.25, 0.3) is 0 Å². The summed E-state index contributed by atoms with van der Waals surface area (Å²) in [4.78, 5) is 13.4. The van der Waals surface area contributed by atoms with Gasteiger partial charge >= 0.3 is 0 Å². The molecule has 0 radical (unpaired) electrons. The van der Waals surface area contributed by atoms with Crippen LogP contribution in [-0.2, 0) is 4.79 Å². The lowest BCUT2D eigenvalue weighted by Crippen LogP contribution is -2.45. The summed E-state index contributed by atoms with van der Waals surface area (Å²) in [5.74, 6) is -1.37. The van der Waals surface area contributed by atoms with E-state index in [9.17, 15) is 13.6 Å². The van der Waals surface area contributed by atoms with Gasteiger partial charge in [-0.05, 0) is 31.0 Å². The van der Waals surface area contributed by atoms with Crippen LogP contribution < -0.4 is 5.73 Å². The summed E-state index contributed by atoms with van der Waals surface area (Å²) < 4.78 is 26.8. The SMILES string of the molecule is CC(C)C(N)C(=O)N(C)C(C)c1cc(F)ccc1F. The molecular weight excluding hydrogens is 250 g/mol. The lowest BCUT2D eigenvalue weighted by molar-refractivity contribution is -0.134. The fraction of sp³-hybridized carbons (Fsp3) is 0.500. The van der Waals surface area contributed by atoms with Crippen molar-refractivity contribution in [3.8, 4) is 0 Å². The largest absolute Gasteiger partial charge is 0.338 e. The monoisotopic (exact) mass is 270 g/mol. The van der Waals surface area contributed by atoms with Crippen molar-refractivity contribution in [2.24, 2.45) is 11.7 Å². The van der Waals surface area contributed by atoms with Crippen LogP contribution >= 0.6 is 0 Å². The summed E-state index contributed by atoms with van der Waals surface area (Å²) in [6.07, 6.45) is 0. The molecule has 0 aliphatic carbocycles. The van der Waals surface area contributed by atoms with Gasteiger partial charge in [-0.15, -0.1) is 0 Å². The van der Waals surface area contributed by atoms with Crippen molar-refractivity contribution in [2.75, 3.05) is 7.05 Å². The maximum Gasteiger partial charge on any atom is 0.239 e. The number of carbonyl (C=O) groups excluding carboxylic acids is 1. The molecule has 5 heteroatoms. The van der Waals surface area contributed by atoms with Crippen LogP contribution in [-0.4, -0.2) is 23.9 Å². The van der Waals surface area contributed by atoms with Crippen LogP contribution in [0.1, 0.15) is 32.4 Å². The quantitative estimate of drug-likeness (QED) is 0.913. The van der Waals surface area contributed by atoms with Crippen molar-refractivity contribution < 1.29 is 13.6 Å². The first kappa shape index (κ1) is 15.6. The summed E-state index contributed by atoms with van der Waals surface area (Å²) >= 11 is 0. The fourth-order valence-electron chi connectivity index (χ4n) is 1.75. The van der Waals surface area contributed by atoms with Crippen LogP contribution in [0.4, 0.5) is 8.78 Å². The molecule has 0 saturated carbocycles. The van der Waals surface area contributed by atoms with E-state index in [-0.39, 0.29) is 17.4 Å². The minimum absolute atomic E-state index is 0.0143. The van der Waals surface area contributed by atoms with Crippen LogP contribution in [0, 0.1) is 17.6 Å². The minimum Gasteiger partial charge on any atom is -0.338 e. The van der Waals surface area contributed by atoms with Gasteiger partial charge in [-0.2, -0.15) is 0 Å². The molecule has 0 saturated heterocycles. The zero-order chi connectivity index (χ0) is 14.7. The summed E-state index contributed by atoms with van der Waals surface area (Å²) in [7, 11) is 1.54. The van der Waals surface area contributed by atoms with E-state index in [1.807, 2.05) is 13.8 Å². The van der Waals surface area contributed by atoms with Gasteiger partial charge < -0.3 is 10.6 Å². The summed E-state index contributed by atoms with van der Waals surface area (Å²) in [6, 6.07) is 1.98. The van der Waals surface area contributed by atoms with Crippen LogP contribution in [0.3, 0.4) is 0 Å². The Morgan fingerprint density at radius 2 is 1.84 bits per heavy atom. The Balaban J connectivity index is 2.96. The second-order valence-electron chi connectivity index (χ2n) is 5.06. The third-order valence-corrected chi connectivity index (χ3v) is 3.34. The second-order valence-corrected chi connectivity index (χ2v) is 5.06. The van der Waals surface area contributed by atoms with Crippen molar-refractivity contribution in [2.45, 2.75) is 32.9 Å². The number of benzene rings is 1. The van der Waals surface area contributed by atoms with Gasteiger partial charge in [0.15, 0.2) is 0 Å². The highest BCUT2D eigenvalue weighted by Crippen LogP contribution is 2.23. The van der Waals surface area contributed by atoms with Gasteiger partial charge in [-0.25, -0.2) is 8.78 Å². The summed E-state index contributed by atoms with van der Waals surface area (Å²) in [6.45, 7) is 5.32. The van der Waals surface area contributed by atoms with Gasteiger partial charge in [0, 0.05) is 12.6 Å². The first-order valence-electron chi connectivity index (χ1n) is 6.23. The highest BCUT2D eigenvalue weighted by Gasteiger charge is 2.26. The molecule has 0 fully saturated rings. The zero-order valence-electron chi connectivity index (χ0n) is 11.7. The Labute approximate surface area is 112 Å². The smallest absolute Gasteiger partial charge is 0.239 e. The van der Waals surface area contributed by atoms with E-state index in [1.165, 1.54) is 4.90 Å². The van der Waals surface area contributed by atoms with Gasteiger partial charge in [0.25, 0.3) is 0 Å². The maximum atomic E-state index is 13.7. The average molecular weight is 270 g/mol. The molecular formula is C14H20F2N2O. The molecule has 1 rings (SSSR count). The normalized spacial score (nSPS) is 14.3. The van der Waals surface area contributed by atoms with Gasteiger partial charge in [-0.3, -0.25) is 4.79 Å². The number of halogens is 2. The van der Waals surface area contributed by atoms with Crippen LogP contribution in [0.2, 0.25) is 0 Å². The maximum absolute atomic E-state index is 13.7. The van der Waals surface area contributed by atoms with E-state index in [0.717, 1.165) is 18.2 Å². The summed E-state index contributed by atoms with van der Waals surface area (Å²) in [5.41, 5.74) is 5.93. The predicted molar refractivity (Wildman–Crippen MR) is 70.4 cm³/mol. The molecule has 19 heavy (non-hydrogen) atoms. The van der Waals surface area contributed by atoms with Crippen molar-refractivity contribution in [1.29, 1.82) is 0 Å². The predicted octanol–water partition coefficient (Wildman–Crippen LogP) is 2.47. The molecule has 0 aliphatic rings. The molecule has 0 spiro atoms. The average Bonchev–Trinajstić information content (AvgIpc) is 2.37. The van der Waals surface area contributed by atoms with E-state index >= 15 is 0 Å². The highest BCUT2D eigenvalue weighted by atomic mass is 19.1. The molecule has 2 atom stereocenters. The molecule has 1 amide bonds. The Morgan fingerprint density at radius 3 is 2.37 bits per heavy atom. The standard InChI is InChI=1S/C14H20F2N2O/c1-8(2)13(17)14(19)18(4)9(3)11-7-10(15)5-6-12(11)16/h5-9,13H,17H2,1-4H3. The van der Waals surface area contributed by atoms with E-state index in [0.29, 0.717) is 0 Å². The molecule has 0 bridgehead atoms. The Kier molecular flexibility index (Phi) is 5.00. The molecule has 0 aromatic heterocycles. The second kappa shape index (κ2) is 6.10. The van der Waals surface area contributed by atoms with Crippen molar-refractivity contribution in [3.63, 3.8) is 0 Å². The highest BCUT2D eigenvalue weighted by molar-refractivity contribution is 5.82. The van der Waals surface area contributed by atoms with Gasteiger partial charge in [0.1, 0.15) is 11.6 Å². The number of carbonyl (C=O) groups is 1. The molecule has 0 aliphatic heterocycles. The Morgan fingerprint density at radius 1 is 1.26 bits per heavy atom. The van der Waals surface area contributed by atoms with E-state index in [4.69, 9.17) is 5.73 Å². The fourth-order valence-corrected chi connectivity index (χ4v) is 1.75. The number of likely N-dealkylation sites (N-methyl/N-ethyl adjacent to an activating group) is 1. The molecule has 0 heterocycles.